The number of hydrogen-bond donors (Lipinski definition) is 1. The highest BCUT2D eigenvalue weighted by molar-refractivity contribution is 5.27. The molecule has 0 aromatic heterocycles. The summed E-state index contributed by atoms with van der Waals surface area (Å²) >= 11 is 0. The summed E-state index contributed by atoms with van der Waals surface area (Å²) in [6.45, 7) is 0.651. The van der Waals surface area contributed by atoms with E-state index in [0.29, 0.717) is 6.61 Å². The van der Waals surface area contributed by atoms with Gasteiger partial charge in [0.1, 0.15) is 5.75 Å². The maximum Gasteiger partial charge on any atom is 0.184 e. The van der Waals surface area contributed by atoms with Gasteiger partial charge in [0, 0.05) is 5.56 Å². The zero-order valence-corrected chi connectivity index (χ0v) is 9.26. The van der Waals surface area contributed by atoms with Gasteiger partial charge in [-0.25, -0.2) is 0 Å². The van der Waals surface area contributed by atoms with Crippen LogP contribution in [0.25, 0.3) is 0 Å². The van der Waals surface area contributed by atoms with Gasteiger partial charge < -0.3 is 19.3 Å². The average molecular weight is 224 g/mol. The minimum Gasteiger partial charge on any atom is -0.497 e. The first kappa shape index (κ1) is 11.4. The molecule has 1 aromatic carbocycles. The van der Waals surface area contributed by atoms with Crippen LogP contribution in [0.4, 0.5) is 0 Å². The van der Waals surface area contributed by atoms with Crippen molar-refractivity contribution in [3.05, 3.63) is 29.8 Å². The number of benzene rings is 1. The first-order valence-corrected chi connectivity index (χ1v) is 5.35. The van der Waals surface area contributed by atoms with E-state index in [4.69, 9.17) is 19.3 Å². The van der Waals surface area contributed by atoms with Crippen LogP contribution in [0.2, 0.25) is 0 Å². The van der Waals surface area contributed by atoms with Crippen molar-refractivity contribution in [1.29, 1.82) is 0 Å². The van der Waals surface area contributed by atoms with E-state index in [1.807, 2.05) is 24.3 Å². The van der Waals surface area contributed by atoms with E-state index in [-0.39, 0.29) is 19.0 Å². The molecule has 4 nitrogen and oxygen atoms in total. The Morgan fingerprint density at radius 3 is 2.75 bits per heavy atom. The summed E-state index contributed by atoms with van der Waals surface area (Å²) in [5.74, 6) is 0.804. The molecule has 1 heterocycles. The lowest BCUT2D eigenvalue weighted by molar-refractivity contribution is -0.224. The molecule has 88 valence electrons. The highest BCUT2D eigenvalue weighted by Gasteiger charge is 2.23. The van der Waals surface area contributed by atoms with Crippen LogP contribution in [0, 0.1) is 0 Å². The Bertz CT molecular complexity index is 322. The van der Waals surface area contributed by atoms with Gasteiger partial charge in [0.05, 0.1) is 26.4 Å². The molecular weight excluding hydrogens is 208 g/mol. The van der Waals surface area contributed by atoms with E-state index < -0.39 is 0 Å². The van der Waals surface area contributed by atoms with Crippen molar-refractivity contribution < 1.29 is 19.3 Å². The molecule has 1 saturated heterocycles. The van der Waals surface area contributed by atoms with Crippen LogP contribution in [0.3, 0.4) is 0 Å². The Labute approximate surface area is 94.8 Å². The summed E-state index contributed by atoms with van der Waals surface area (Å²) in [7, 11) is 1.63. The first-order chi connectivity index (χ1) is 7.83. The minimum atomic E-state index is -0.378. The number of ether oxygens (including phenoxy) is 3. The van der Waals surface area contributed by atoms with Crippen LogP contribution in [0.5, 0.6) is 5.75 Å². The Morgan fingerprint density at radius 2 is 2.12 bits per heavy atom. The van der Waals surface area contributed by atoms with Crippen molar-refractivity contribution in [2.24, 2.45) is 0 Å². The third-order valence-corrected chi connectivity index (χ3v) is 2.62. The standard InChI is InChI=1S/C12H16O4/c1-14-10-4-2-9(3-5-10)12-15-7-6-11(8-13)16-12/h2-5,11-13H,6-8H2,1H3/t11-,12-/m1/s1. The van der Waals surface area contributed by atoms with E-state index in [0.717, 1.165) is 17.7 Å². The Balaban J connectivity index is 2.05. The number of rotatable bonds is 3. The topological polar surface area (TPSA) is 47.9 Å². The van der Waals surface area contributed by atoms with Crippen LogP contribution in [0.1, 0.15) is 18.3 Å². The Hall–Kier alpha value is -1.10. The fourth-order valence-corrected chi connectivity index (χ4v) is 1.66. The predicted molar refractivity (Wildman–Crippen MR) is 58.3 cm³/mol. The molecule has 1 N–H and O–H groups in total. The molecule has 0 unspecified atom stereocenters. The molecule has 0 spiro atoms. The molecule has 1 aliphatic rings. The summed E-state index contributed by atoms with van der Waals surface area (Å²) in [6.07, 6.45) is 0.237. The quantitative estimate of drug-likeness (QED) is 0.845. The Morgan fingerprint density at radius 1 is 1.38 bits per heavy atom. The second-order valence-corrected chi connectivity index (χ2v) is 3.71. The molecule has 0 aliphatic carbocycles. The van der Waals surface area contributed by atoms with Crippen molar-refractivity contribution in [1.82, 2.24) is 0 Å². The van der Waals surface area contributed by atoms with Gasteiger partial charge in [-0.05, 0) is 18.6 Å². The number of aliphatic hydroxyl groups is 1. The van der Waals surface area contributed by atoms with Crippen LogP contribution >= 0.6 is 0 Å². The molecule has 0 radical (unpaired) electrons. The minimum absolute atomic E-state index is 0.0377. The van der Waals surface area contributed by atoms with Crippen molar-refractivity contribution >= 4 is 0 Å². The monoisotopic (exact) mass is 224 g/mol. The van der Waals surface area contributed by atoms with Gasteiger partial charge in [-0.15, -0.1) is 0 Å². The highest BCUT2D eigenvalue weighted by Crippen LogP contribution is 2.27. The van der Waals surface area contributed by atoms with Gasteiger partial charge in [0.2, 0.25) is 0 Å². The summed E-state index contributed by atoms with van der Waals surface area (Å²) in [5, 5.41) is 9.04. The highest BCUT2D eigenvalue weighted by atomic mass is 16.7. The van der Waals surface area contributed by atoms with Crippen molar-refractivity contribution in [2.45, 2.75) is 18.8 Å². The number of methoxy groups -OCH3 is 1. The SMILES string of the molecule is COc1ccc([C@@H]2OCC[C@H](CO)O2)cc1. The second-order valence-electron chi connectivity index (χ2n) is 3.71. The van der Waals surface area contributed by atoms with Gasteiger partial charge in [-0.3, -0.25) is 0 Å². The lowest BCUT2D eigenvalue weighted by Crippen LogP contribution is -2.29. The lowest BCUT2D eigenvalue weighted by atomic mass is 10.2. The molecule has 1 aliphatic heterocycles. The van der Waals surface area contributed by atoms with Crippen molar-refractivity contribution in [3.63, 3.8) is 0 Å². The van der Waals surface area contributed by atoms with E-state index in [2.05, 4.69) is 0 Å². The molecule has 2 atom stereocenters. The number of aliphatic hydroxyl groups excluding tert-OH is 1. The van der Waals surface area contributed by atoms with Crippen molar-refractivity contribution in [2.75, 3.05) is 20.3 Å². The van der Waals surface area contributed by atoms with Gasteiger partial charge in [-0.1, -0.05) is 12.1 Å². The fourth-order valence-electron chi connectivity index (χ4n) is 1.66. The fraction of sp³-hybridized carbons (Fsp3) is 0.500. The molecule has 0 saturated carbocycles. The van der Waals surface area contributed by atoms with Gasteiger partial charge in [0.25, 0.3) is 0 Å². The smallest absolute Gasteiger partial charge is 0.184 e. The summed E-state index contributed by atoms with van der Waals surface area (Å²) in [5.41, 5.74) is 0.943. The number of hydrogen-bond acceptors (Lipinski definition) is 4. The normalized spacial score (nSPS) is 25.4. The molecule has 0 amide bonds. The zero-order chi connectivity index (χ0) is 11.4. The molecular formula is C12H16O4. The summed E-state index contributed by atoms with van der Waals surface area (Å²) in [4.78, 5) is 0. The van der Waals surface area contributed by atoms with Crippen LogP contribution < -0.4 is 4.74 Å². The van der Waals surface area contributed by atoms with Gasteiger partial charge in [-0.2, -0.15) is 0 Å². The van der Waals surface area contributed by atoms with Crippen LogP contribution in [-0.4, -0.2) is 31.5 Å². The summed E-state index contributed by atoms with van der Waals surface area (Å²) in [6, 6.07) is 7.54. The molecule has 1 aromatic rings. The van der Waals surface area contributed by atoms with E-state index in [1.165, 1.54) is 0 Å². The van der Waals surface area contributed by atoms with Crippen LogP contribution in [-0.2, 0) is 9.47 Å². The third-order valence-electron chi connectivity index (χ3n) is 2.62. The zero-order valence-electron chi connectivity index (χ0n) is 9.26. The van der Waals surface area contributed by atoms with E-state index in [9.17, 15) is 0 Å². The molecule has 2 rings (SSSR count). The van der Waals surface area contributed by atoms with Gasteiger partial charge >= 0.3 is 0 Å². The van der Waals surface area contributed by atoms with Gasteiger partial charge in [0.15, 0.2) is 6.29 Å². The Kier molecular flexibility index (Phi) is 3.77. The predicted octanol–water partition coefficient (Wildman–Crippen LogP) is 1.49. The molecule has 16 heavy (non-hydrogen) atoms. The lowest BCUT2D eigenvalue weighted by Gasteiger charge is -2.29. The van der Waals surface area contributed by atoms with E-state index >= 15 is 0 Å². The summed E-state index contributed by atoms with van der Waals surface area (Å²) < 4.78 is 16.2. The first-order valence-electron chi connectivity index (χ1n) is 5.35. The third kappa shape index (κ3) is 2.52. The maximum atomic E-state index is 9.04. The average Bonchev–Trinajstić information content (AvgIpc) is 2.39. The van der Waals surface area contributed by atoms with Crippen molar-refractivity contribution in [3.8, 4) is 5.75 Å². The van der Waals surface area contributed by atoms with Crippen LogP contribution in [0.15, 0.2) is 24.3 Å². The largest absolute Gasteiger partial charge is 0.497 e. The van der Waals surface area contributed by atoms with E-state index in [1.54, 1.807) is 7.11 Å². The molecule has 0 bridgehead atoms. The molecule has 1 fully saturated rings. The maximum absolute atomic E-state index is 9.04. The molecule has 4 heteroatoms. The second kappa shape index (κ2) is 5.30.